The van der Waals surface area contributed by atoms with Crippen LogP contribution in [0.4, 0.5) is 0 Å². The van der Waals surface area contributed by atoms with Gasteiger partial charge in [0.2, 0.25) is 0 Å². The highest BCUT2D eigenvalue weighted by Gasteiger charge is 2.18. The Balaban J connectivity index is 0.00000128. The first-order chi connectivity index (χ1) is 7.28. The van der Waals surface area contributed by atoms with Crippen molar-refractivity contribution in [1.82, 2.24) is 4.90 Å². The summed E-state index contributed by atoms with van der Waals surface area (Å²) in [5.41, 5.74) is 0. The summed E-state index contributed by atoms with van der Waals surface area (Å²) in [4.78, 5) is 3.95. The van der Waals surface area contributed by atoms with Crippen molar-refractivity contribution >= 4 is 39.7 Å². The van der Waals surface area contributed by atoms with Gasteiger partial charge in [-0.3, -0.25) is 4.90 Å². The standard InChI is InChI=1S/C11H16BrNOS.ClH/c1-14-10-2-4-13(5-3-10)7-11-6-9(12)8-15-11;/h6,8,10H,2-5,7H2,1H3;1H. The van der Waals surface area contributed by atoms with Crippen molar-refractivity contribution in [2.45, 2.75) is 25.5 Å². The number of hydrogen-bond acceptors (Lipinski definition) is 3. The van der Waals surface area contributed by atoms with Crippen LogP contribution < -0.4 is 0 Å². The van der Waals surface area contributed by atoms with Crippen LogP contribution in [0.1, 0.15) is 17.7 Å². The van der Waals surface area contributed by atoms with E-state index in [0.29, 0.717) is 6.10 Å². The van der Waals surface area contributed by atoms with Crippen LogP contribution in [0.5, 0.6) is 0 Å². The van der Waals surface area contributed by atoms with Crippen LogP contribution in [0.25, 0.3) is 0 Å². The molecule has 0 bridgehead atoms. The van der Waals surface area contributed by atoms with E-state index in [9.17, 15) is 0 Å². The Hall–Kier alpha value is 0.390. The van der Waals surface area contributed by atoms with E-state index in [0.717, 1.165) is 19.6 Å². The molecule has 1 fully saturated rings. The molecule has 0 radical (unpaired) electrons. The summed E-state index contributed by atoms with van der Waals surface area (Å²) in [5.74, 6) is 0. The second-order valence-corrected chi connectivity index (χ2v) is 5.85. The van der Waals surface area contributed by atoms with E-state index in [1.165, 1.54) is 22.2 Å². The summed E-state index contributed by atoms with van der Waals surface area (Å²) in [7, 11) is 1.82. The molecule has 0 spiro atoms. The molecule has 0 aromatic carbocycles. The van der Waals surface area contributed by atoms with Gasteiger partial charge in [-0.05, 0) is 34.8 Å². The highest BCUT2D eigenvalue weighted by molar-refractivity contribution is 9.10. The molecule has 16 heavy (non-hydrogen) atoms. The van der Waals surface area contributed by atoms with Crippen LogP contribution >= 0.6 is 39.7 Å². The third kappa shape index (κ3) is 4.00. The molecule has 0 saturated carbocycles. The van der Waals surface area contributed by atoms with E-state index in [-0.39, 0.29) is 12.4 Å². The minimum absolute atomic E-state index is 0. The van der Waals surface area contributed by atoms with E-state index in [2.05, 4.69) is 32.3 Å². The maximum atomic E-state index is 5.36. The maximum Gasteiger partial charge on any atom is 0.0595 e. The number of halogens is 2. The Morgan fingerprint density at radius 3 is 2.69 bits per heavy atom. The number of likely N-dealkylation sites (tertiary alicyclic amines) is 1. The van der Waals surface area contributed by atoms with E-state index in [4.69, 9.17) is 4.74 Å². The largest absolute Gasteiger partial charge is 0.381 e. The molecular weight excluding hydrogens is 310 g/mol. The van der Waals surface area contributed by atoms with Crippen LogP contribution in [0.3, 0.4) is 0 Å². The van der Waals surface area contributed by atoms with Crippen molar-refractivity contribution in [2.75, 3.05) is 20.2 Å². The fourth-order valence-electron chi connectivity index (χ4n) is 1.96. The second kappa shape index (κ2) is 6.97. The van der Waals surface area contributed by atoms with E-state index in [1.54, 1.807) is 0 Å². The van der Waals surface area contributed by atoms with Crippen LogP contribution in [-0.4, -0.2) is 31.2 Å². The molecule has 0 amide bonds. The molecule has 1 saturated heterocycles. The molecule has 0 N–H and O–H groups in total. The number of hydrogen-bond donors (Lipinski definition) is 0. The third-order valence-corrected chi connectivity index (χ3v) is 4.55. The van der Waals surface area contributed by atoms with Gasteiger partial charge in [0.15, 0.2) is 0 Å². The lowest BCUT2D eigenvalue weighted by Gasteiger charge is -2.30. The minimum atomic E-state index is 0. The molecule has 0 atom stereocenters. The van der Waals surface area contributed by atoms with Gasteiger partial charge >= 0.3 is 0 Å². The van der Waals surface area contributed by atoms with Gasteiger partial charge in [-0.1, -0.05) is 0 Å². The van der Waals surface area contributed by atoms with Crippen molar-refractivity contribution < 1.29 is 4.74 Å². The van der Waals surface area contributed by atoms with Crippen molar-refractivity contribution in [3.8, 4) is 0 Å². The van der Waals surface area contributed by atoms with Crippen LogP contribution in [0, 0.1) is 0 Å². The first-order valence-corrected chi connectivity index (χ1v) is 6.93. The highest BCUT2D eigenvalue weighted by atomic mass is 79.9. The zero-order valence-corrected chi connectivity index (χ0v) is 12.5. The fourth-order valence-corrected chi connectivity index (χ4v) is 3.45. The predicted molar refractivity (Wildman–Crippen MR) is 74.6 cm³/mol. The smallest absolute Gasteiger partial charge is 0.0595 e. The monoisotopic (exact) mass is 325 g/mol. The molecule has 1 aliphatic rings. The third-order valence-electron chi connectivity index (χ3n) is 2.87. The lowest BCUT2D eigenvalue weighted by atomic mass is 10.1. The van der Waals surface area contributed by atoms with E-state index < -0.39 is 0 Å². The molecule has 2 heterocycles. The Morgan fingerprint density at radius 1 is 1.50 bits per heavy atom. The summed E-state index contributed by atoms with van der Waals surface area (Å²) in [5, 5.41) is 2.15. The minimum Gasteiger partial charge on any atom is -0.381 e. The maximum absolute atomic E-state index is 5.36. The highest BCUT2D eigenvalue weighted by Crippen LogP contribution is 2.23. The molecule has 0 aliphatic carbocycles. The SMILES string of the molecule is COC1CCN(Cc2cc(Br)cs2)CC1.Cl. The van der Waals surface area contributed by atoms with Crippen molar-refractivity contribution in [1.29, 1.82) is 0 Å². The first-order valence-electron chi connectivity index (χ1n) is 5.26. The zero-order chi connectivity index (χ0) is 10.7. The van der Waals surface area contributed by atoms with E-state index in [1.807, 2.05) is 18.4 Å². The quantitative estimate of drug-likeness (QED) is 0.842. The Kier molecular flexibility index (Phi) is 6.29. The number of piperidine rings is 1. The number of methoxy groups -OCH3 is 1. The zero-order valence-electron chi connectivity index (χ0n) is 9.32. The molecule has 1 aromatic heterocycles. The van der Waals surface area contributed by atoms with E-state index >= 15 is 0 Å². The van der Waals surface area contributed by atoms with Gasteiger partial charge in [-0.25, -0.2) is 0 Å². The van der Waals surface area contributed by atoms with Crippen LogP contribution in [0.15, 0.2) is 15.9 Å². The first kappa shape index (κ1) is 14.5. The number of rotatable bonds is 3. The average molecular weight is 327 g/mol. The molecule has 5 heteroatoms. The average Bonchev–Trinajstić information content (AvgIpc) is 2.65. The number of nitrogens with zero attached hydrogens (tertiary/aromatic N) is 1. The predicted octanol–water partition coefficient (Wildman–Crippen LogP) is 3.54. The fraction of sp³-hybridized carbons (Fsp3) is 0.636. The summed E-state index contributed by atoms with van der Waals surface area (Å²) >= 11 is 5.32. The summed E-state index contributed by atoms with van der Waals surface area (Å²) in [6, 6.07) is 2.22. The second-order valence-electron chi connectivity index (χ2n) is 3.94. The molecular formula is C11H17BrClNOS. The Bertz CT molecular complexity index is 313. The molecule has 1 aliphatic heterocycles. The molecule has 92 valence electrons. The van der Waals surface area contributed by atoms with Crippen molar-refractivity contribution in [2.24, 2.45) is 0 Å². The summed E-state index contributed by atoms with van der Waals surface area (Å²) < 4.78 is 6.57. The van der Waals surface area contributed by atoms with Crippen LogP contribution in [-0.2, 0) is 11.3 Å². The Morgan fingerprint density at radius 2 is 2.19 bits per heavy atom. The lowest BCUT2D eigenvalue weighted by molar-refractivity contribution is 0.0391. The molecule has 1 aromatic rings. The van der Waals surface area contributed by atoms with Gasteiger partial charge in [0, 0.05) is 41.5 Å². The number of ether oxygens (including phenoxy) is 1. The van der Waals surface area contributed by atoms with Gasteiger partial charge in [-0.15, -0.1) is 23.7 Å². The van der Waals surface area contributed by atoms with Crippen molar-refractivity contribution in [3.05, 3.63) is 20.8 Å². The topological polar surface area (TPSA) is 12.5 Å². The van der Waals surface area contributed by atoms with Gasteiger partial charge in [0.05, 0.1) is 6.10 Å². The number of thiophene rings is 1. The summed E-state index contributed by atoms with van der Waals surface area (Å²) in [6.45, 7) is 3.41. The Labute approximate surface area is 116 Å². The molecule has 0 unspecified atom stereocenters. The van der Waals surface area contributed by atoms with Crippen molar-refractivity contribution in [3.63, 3.8) is 0 Å². The lowest BCUT2D eigenvalue weighted by Crippen LogP contribution is -2.35. The molecule has 2 nitrogen and oxygen atoms in total. The summed E-state index contributed by atoms with van der Waals surface area (Å²) in [6.07, 6.45) is 2.82. The molecule has 2 rings (SSSR count). The van der Waals surface area contributed by atoms with Crippen LogP contribution in [0.2, 0.25) is 0 Å². The van der Waals surface area contributed by atoms with Gasteiger partial charge in [-0.2, -0.15) is 0 Å². The normalized spacial score (nSPS) is 18.4. The van der Waals surface area contributed by atoms with Gasteiger partial charge in [0.1, 0.15) is 0 Å². The van der Waals surface area contributed by atoms with Gasteiger partial charge < -0.3 is 4.74 Å². The van der Waals surface area contributed by atoms with Gasteiger partial charge in [0.25, 0.3) is 0 Å².